The summed E-state index contributed by atoms with van der Waals surface area (Å²) in [5.74, 6) is -0.109. The Bertz CT molecular complexity index is 694. The zero-order valence-corrected chi connectivity index (χ0v) is 12.3. The summed E-state index contributed by atoms with van der Waals surface area (Å²) in [5.41, 5.74) is 0.451. The molecule has 0 unspecified atom stereocenters. The molecule has 0 spiro atoms. The van der Waals surface area contributed by atoms with Gasteiger partial charge in [0.05, 0.1) is 17.5 Å². The van der Waals surface area contributed by atoms with Gasteiger partial charge in [-0.1, -0.05) is 18.2 Å². The Hall–Kier alpha value is -2.21. The minimum Gasteiger partial charge on any atom is -0.385 e. The molecular formula is C15H19N3O3. The highest BCUT2D eigenvalue weighted by atomic mass is 16.5. The average molecular weight is 289 g/mol. The van der Waals surface area contributed by atoms with Crippen molar-refractivity contribution in [3.8, 4) is 0 Å². The Balaban J connectivity index is 2.17. The average Bonchev–Trinajstić information content (AvgIpc) is 2.49. The lowest BCUT2D eigenvalue weighted by molar-refractivity contribution is -0.120. The number of carbonyl (C=O) groups excluding carboxylic acids is 1. The largest absolute Gasteiger partial charge is 0.385 e. The van der Waals surface area contributed by atoms with Crippen molar-refractivity contribution in [2.45, 2.75) is 12.8 Å². The molecule has 6 nitrogen and oxygen atoms in total. The molecule has 0 radical (unpaired) electrons. The third-order valence-corrected chi connectivity index (χ3v) is 3.21. The van der Waals surface area contributed by atoms with Crippen molar-refractivity contribution in [2.75, 3.05) is 20.3 Å². The lowest BCUT2D eigenvalue weighted by Crippen LogP contribution is -2.29. The number of methoxy groups -OCH3 is 1. The van der Waals surface area contributed by atoms with Crippen molar-refractivity contribution >= 4 is 16.7 Å². The van der Waals surface area contributed by atoms with Gasteiger partial charge in [0.2, 0.25) is 5.91 Å². The van der Waals surface area contributed by atoms with Gasteiger partial charge in [-0.05, 0) is 12.5 Å². The Morgan fingerprint density at radius 2 is 2.05 bits per heavy atom. The highest BCUT2D eigenvalue weighted by Gasteiger charge is 2.11. The second-order valence-corrected chi connectivity index (χ2v) is 4.79. The van der Waals surface area contributed by atoms with Crippen molar-refractivity contribution in [2.24, 2.45) is 7.05 Å². The molecule has 0 fully saturated rings. The van der Waals surface area contributed by atoms with E-state index in [4.69, 9.17) is 4.74 Å². The number of hydrogen-bond donors (Lipinski definition) is 1. The molecule has 1 amide bonds. The van der Waals surface area contributed by atoms with Crippen molar-refractivity contribution in [3.05, 3.63) is 40.3 Å². The van der Waals surface area contributed by atoms with Crippen LogP contribution in [0, 0.1) is 0 Å². The molecule has 21 heavy (non-hydrogen) atoms. The number of nitrogens with one attached hydrogen (secondary N) is 1. The van der Waals surface area contributed by atoms with Crippen LogP contribution in [0.4, 0.5) is 0 Å². The molecule has 0 bridgehead atoms. The number of hydrogen-bond acceptors (Lipinski definition) is 4. The standard InChI is InChI=1S/C15H19N3O3/c1-18-15(20)12-7-4-3-6-11(12)13(17-18)10-14(19)16-8-5-9-21-2/h3-4,6-7H,5,8-10H2,1-2H3,(H,16,19). The highest BCUT2D eigenvalue weighted by Crippen LogP contribution is 2.13. The molecule has 2 rings (SSSR count). The Labute approximate surface area is 122 Å². The van der Waals surface area contributed by atoms with Gasteiger partial charge in [-0.3, -0.25) is 9.59 Å². The lowest BCUT2D eigenvalue weighted by atomic mass is 10.1. The summed E-state index contributed by atoms with van der Waals surface area (Å²) in [6.07, 6.45) is 0.922. The number of rotatable bonds is 6. The van der Waals surface area contributed by atoms with Gasteiger partial charge < -0.3 is 10.1 Å². The minimum atomic E-state index is -0.158. The van der Waals surface area contributed by atoms with E-state index in [1.807, 2.05) is 12.1 Å². The van der Waals surface area contributed by atoms with E-state index in [-0.39, 0.29) is 17.9 Å². The van der Waals surface area contributed by atoms with Crippen LogP contribution in [0.25, 0.3) is 10.8 Å². The third-order valence-electron chi connectivity index (χ3n) is 3.21. The third kappa shape index (κ3) is 3.66. The molecule has 0 saturated carbocycles. The first-order valence-corrected chi connectivity index (χ1v) is 6.84. The van der Waals surface area contributed by atoms with Crippen molar-refractivity contribution < 1.29 is 9.53 Å². The van der Waals surface area contributed by atoms with Crippen LogP contribution < -0.4 is 10.9 Å². The molecule has 2 aromatic rings. The summed E-state index contributed by atoms with van der Waals surface area (Å²) >= 11 is 0. The fourth-order valence-electron chi connectivity index (χ4n) is 2.17. The first-order valence-electron chi connectivity index (χ1n) is 6.84. The molecule has 0 aliphatic heterocycles. The predicted molar refractivity (Wildman–Crippen MR) is 80.2 cm³/mol. The SMILES string of the molecule is COCCCNC(=O)Cc1nn(C)c(=O)c2ccccc12. The van der Waals surface area contributed by atoms with E-state index in [1.54, 1.807) is 26.3 Å². The molecule has 1 N–H and O–H groups in total. The minimum absolute atomic E-state index is 0.109. The number of fused-ring (bicyclic) bond motifs is 1. The second-order valence-electron chi connectivity index (χ2n) is 4.79. The number of benzene rings is 1. The maximum Gasteiger partial charge on any atom is 0.274 e. The van der Waals surface area contributed by atoms with E-state index in [0.717, 1.165) is 11.8 Å². The zero-order valence-electron chi connectivity index (χ0n) is 12.3. The van der Waals surface area contributed by atoms with Crippen molar-refractivity contribution in [1.29, 1.82) is 0 Å². The summed E-state index contributed by atoms with van der Waals surface area (Å²) in [7, 11) is 3.22. The van der Waals surface area contributed by atoms with E-state index in [2.05, 4.69) is 10.4 Å². The van der Waals surface area contributed by atoms with Crippen LogP contribution in [-0.2, 0) is 23.0 Å². The number of carbonyl (C=O) groups is 1. The van der Waals surface area contributed by atoms with E-state index in [0.29, 0.717) is 24.2 Å². The van der Waals surface area contributed by atoms with Gasteiger partial charge in [-0.25, -0.2) is 4.68 Å². The molecule has 1 heterocycles. The quantitative estimate of drug-likeness (QED) is 0.792. The fraction of sp³-hybridized carbons (Fsp3) is 0.400. The first kappa shape index (κ1) is 15.2. The van der Waals surface area contributed by atoms with Gasteiger partial charge in [-0.2, -0.15) is 5.10 Å². The number of aromatic nitrogens is 2. The number of ether oxygens (including phenoxy) is 1. The summed E-state index contributed by atoms with van der Waals surface area (Å²) in [4.78, 5) is 23.9. The maximum atomic E-state index is 12.0. The number of amides is 1. The number of nitrogens with zero attached hydrogens (tertiary/aromatic N) is 2. The molecular weight excluding hydrogens is 270 g/mol. The Morgan fingerprint density at radius 3 is 2.76 bits per heavy atom. The van der Waals surface area contributed by atoms with Crippen LogP contribution in [-0.4, -0.2) is 35.9 Å². The van der Waals surface area contributed by atoms with Crippen LogP contribution in [0.2, 0.25) is 0 Å². The van der Waals surface area contributed by atoms with Gasteiger partial charge in [-0.15, -0.1) is 0 Å². The molecule has 1 aromatic heterocycles. The smallest absolute Gasteiger partial charge is 0.274 e. The molecule has 112 valence electrons. The summed E-state index contributed by atoms with van der Waals surface area (Å²) < 4.78 is 6.20. The van der Waals surface area contributed by atoms with Gasteiger partial charge in [0.15, 0.2) is 0 Å². The molecule has 0 saturated heterocycles. The Morgan fingerprint density at radius 1 is 1.33 bits per heavy atom. The van der Waals surface area contributed by atoms with Gasteiger partial charge in [0.25, 0.3) is 5.56 Å². The topological polar surface area (TPSA) is 73.2 Å². The van der Waals surface area contributed by atoms with Crippen LogP contribution in [0.15, 0.2) is 29.1 Å². The normalized spacial score (nSPS) is 10.8. The van der Waals surface area contributed by atoms with Crippen LogP contribution >= 0.6 is 0 Å². The van der Waals surface area contributed by atoms with Gasteiger partial charge in [0, 0.05) is 32.7 Å². The first-order chi connectivity index (χ1) is 10.1. The van der Waals surface area contributed by atoms with E-state index in [1.165, 1.54) is 4.68 Å². The summed E-state index contributed by atoms with van der Waals surface area (Å²) in [5, 5.41) is 8.33. The van der Waals surface area contributed by atoms with Crippen molar-refractivity contribution in [3.63, 3.8) is 0 Å². The summed E-state index contributed by atoms with van der Waals surface area (Å²) in [6, 6.07) is 7.21. The van der Waals surface area contributed by atoms with Gasteiger partial charge in [0.1, 0.15) is 0 Å². The van der Waals surface area contributed by atoms with Crippen LogP contribution in [0.3, 0.4) is 0 Å². The van der Waals surface area contributed by atoms with E-state index in [9.17, 15) is 9.59 Å². The van der Waals surface area contributed by atoms with E-state index >= 15 is 0 Å². The molecule has 0 aliphatic rings. The number of aryl methyl sites for hydroxylation is 1. The van der Waals surface area contributed by atoms with Crippen LogP contribution in [0.1, 0.15) is 12.1 Å². The molecule has 1 aromatic carbocycles. The lowest BCUT2D eigenvalue weighted by Gasteiger charge is -2.08. The molecule has 6 heteroatoms. The molecule has 0 aliphatic carbocycles. The summed E-state index contributed by atoms with van der Waals surface area (Å²) in [6.45, 7) is 1.18. The van der Waals surface area contributed by atoms with E-state index < -0.39 is 0 Å². The Kier molecular flexibility index (Phi) is 5.05. The fourth-order valence-corrected chi connectivity index (χ4v) is 2.17. The maximum absolute atomic E-state index is 12.0. The van der Waals surface area contributed by atoms with Crippen LogP contribution in [0.5, 0.6) is 0 Å². The zero-order chi connectivity index (χ0) is 15.2. The monoisotopic (exact) mass is 289 g/mol. The molecule has 0 atom stereocenters. The second kappa shape index (κ2) is 6.99. The highest BCUT2D eigenvalue weighted by molar-refractivity contribution is 5.88. The predicted octanol–water partition coefficient (Wildman–Crippen LogP) is 0.629. The van der Waals surface area contributed by atoms with Crippen molar-refractivity contribution in [1.82, 2.24) is 15.1 Å². The van der Waals surface area contributed by atoms with Gasteiger partial charge >= 0.3 is 0 Å².